The van der Waals surface area contributed by atoms with Gasteiger partial charge in [0.2, 0.25) is 0 Å². The van der Waals surface area contributed by atoms with Crippen LogP contribution in [0.3, 0.4) is 0 Å². The molecule has 1 aliphatic heterocycles. The van der Waals surface area contributed by atoms with Gasteiger partial charge < -0.3 is 10.4 Å². The molecule has 1 saturated heterocycles. The van der Waals surface area contributed by atoms with Crippen molar-refractivity contribution in [3.8, 4) is 0 Å². The SMILES string of the molecule is OC1(c2ccc(C(F)(F)F)c(F)c2)CCCNC1. The van der Waals surface area contributed by atoms with Crippen molar-refractivity contribution in [3.05, 3.63) is 35.1 Å². The molecular weight excluding hydrogens is 250 g/mol. The Morgan fingerprint density at radius 3 is 2.50 bits per heavy atom. The van der Waals surface area contributed by atoms with Gasteiger partial charge in [0.25, 0.3) is 0 Å². The summed E-state index contributed by atoms with van der Waals surface area (Å²) in [6, 6.07) is 2.59. The first-order chi connectivity index (χ1) is 8.33. The molecule has 1 unspecified atom stereocenters. The summed E-state index contributed by atoms with van der Waals surface area (Å²) in [6.07, 6.45) is -3.61. The molecule has 100 valence electrons. The number of benzene rings is 1. The fourth-order valence-corrected chi connectivity index (χ4v) is 2.17. The number of alkyl halides is 3. The zero-order valence-corrected chi connectivity index (χ0v) is 9.52. The Bertz CT molecular complexity index is 438. The second-order valence-corrected chi connectivity index (χ2v) is 4.50. The van der Waals surface area contributed by atoms with Crippen LogP contribution in [-0.4, -0.2) is 18.2 Å². The summed E-state index contributed by atoms with van der Waals surface area (Å²) < 4.78 is 50.6. The van der Waals surface area contributed by atoms with Crippen LogP contribution < -0.4 is 5.32 Å². The molecule has 2 rings (SSSR count). The van der Waals surface area contributed by atoms with E-state index < -0.39 is 23.2 Å². The molecule has 0 aromatic heterocycles. The smallest absolute Gasteiger partial charge is 0.384 e. The van der Waals surface area contributed by atoms with Crippen LogP contribution in [-0.2, 0) is 11.8 Å². The average Bonchev–Trinajstić information content (AvgIpc) is 2.28. The lowest BCUT2D eigenvalue weighted by Crippen LogP contribution is -2.43. The van der Waals surface area contributed by atoms with E-state index in [1.54, 1.807) is 0 Å². The Morgan fingerprint density at radius 1 is 1.28 bits per heavy atom. The van der Waals surface area contributed by atoms with Gasteiger partial charge in [-0.3, -0.25) is 0 Å². The van der Waals surface area contributed by atoms with Crippen molar-refractivity contribution >= 4 is 0 Å². The van der Waals surface area contributed by atoms with Crippen molar-refractivity contribution in [2.45, 2.75) is 24.6 Å². The van der Waals surface area contributed by atoms with Crippen molar-refractivity contribution in [3.63, 3.8) is 0 Å². The zero-order chi connectivity index (χ0) is 13.4. The summed E-state index contributed by atoms with van der Waals surface area (Å²) in [5, 5.41) is 13.2. The summed E-state index contributed by atoms with van der Waals surface area (Å²) in [4.78, 5) is 0. The summed E-state index contributed by atoms with van der Waals surface area (Å²) in [5.41, 5.74) is -2.41. The number of rotatable bonds is 1. The zero-order valence-electron chi connectivity index (χ0n) is 9.52. The van der Waals surface area contributed by atoms with Crippen LogP contribution in [0, 0.1) is 5.82 Å². The minimum absolute atomic E-state index is 0.181. The Kier molecular flexibility index (Phi) is 3.33. The predicted octanol–water partition coefficient (Wildman–Crippen LogP) is 2.42. The molecule has 0 saturated carbocycles. The quantitative estimate of drug-likeness (QED) is 0.763. The van der Waals surface area contributed by atoms with Crippen LogP contribution in [0.4, 0.5) is 17.6 Å². The number of β-amino-alcohol motifs (C(OH)–C–C–N with tert-alkyl or cyclic N) is 1. The highest BCUT2D eigenvalue weighted by atomic mass is 19.4. The van der Waals surface area contributed by atoms with Gasteiger partial charge in [-0.05, 0) is 37.1 Å². The van der Waals surface area contributed by atoms with Gasteiger partial charge >= 0.3 is 6.18 Å². The molecule has 1 aliphatic rings. The normalized spacial score (nSPS) is 25.2. The number of piperidine rings is 1. The summed E-state index contributed by atoms with van der Waals surface area (Å²) in [6.45, 7) is 0.962. The molecule has 1 fully saturated rings. The van der Waals surface area contributed by atoms with Crippen LogP contribution in [0.5, 0.6) is 0 Å². The van der Waals surface area contributed by atoms with Crippen LogP contribution in [0.25, 0.3) is 0 Å². The molecule has 6 heteroatoms. The van der Waals surface area contributed by atoms with E-state index in [2.05, 4.69) is 5.32 Å². The molecule has 0 bridgehead atoms. The lowest BCUT2D eigenvalue weighted by atomic mass is 9.86. The second kappa shape index (κ2) is 4.51. The van der Waals surface area contributed by atoms with Crippen LogP contribution in [0.2, 0.25) is 0 Å². The third kappa shape index (κ3) is 2.49. The third-order valence-electron chi connectivity index (χ3n) is 3.17. The van der Waals surface area contributed by atoms with Crippen LogP contribution in [0.15, 0.2) is 18.2 Å². The van der Waals surface area contributed by atoms with Gasteiger partial charge in [-0.1, -0.05) is 6.07 Å². The third-order valence-corrected chi connectivity index (χ3v) is 3.17. The molecule has 1 atom stereocenters. The van der Waals surface area contributed by atoms with E-state index in [9.17, 15) is 22.7 Å². The van der Waals surface area contributed by atoms with E-state index in [0.717, 1.165) is 18.7 Å². The van der Waals surface area contributed by atoms with E-state index in [-0.39, 0.29) is 12.1 Å². The number of hydrogen-bond donors (Lipinski definition) is 2. The van der Waals surface area contributed by atoms with Gasteiger partial charge in [0.05, 0.1) is 5.56 Å². The Balaban J connectivity index is 2.34. The molecular formula is C12H13F4NO. The first-order valence-electron chi connectivity index (χ1n) is 5.63. The minimum atomic E-state index is -4.71. The summed E-state index contributed by atoms with van der Waals surface area (Å²) in [5.74, 6) is -1.35. The van der Waals surface area contributed by atoms with Crippen LogP contribution in [0.1, 0.15) is 24.0 Å². The minimum Gasteiger partial charge on any atom is -0.384 e. The molecule has 1 heterocycles. The van der Waals surface area contributed by atoms with E-state index in [0.29, 0.717) is 18.9 Å². The highest BCUT2D eigenvalue weighted by Crippen LogP contribution is 2.35. The van der Waals surface area contributed by atoms with Crippen LogP contribution >= 0.6 is 0 Å². The predicted molar refractivity (Wildman–Crippen MR) is 57.4 cm³/mol. The number of aliphatic hydroxyl groups is 1. The van der Waals surface area contributed by atoms with E-state index in [1.165, 1.54) is 0 Å². The molecule has 0 spiro atoms. The largest absolute Gasteiger partial charge is 0.419 e. The van der Waals surface area contributed by atoms with Gasteiger partial charge in [-0.2, -0.15) is 13.2 Å². The highest BCUT2D eigenvalue weighted by molar-refractivity contribution is 5.31. The Labute approximate surface area is 102 Å². The van der Waals surface area contributed by atoms with Crippen molar-refractivity contribution in [1.29, 1.82) is 0 Å². The van der Waals surface area contributed by atoms with Gasteiger partial charge in [0.15, 0.2) is 0 Å². The summed E-state index contributed by atoms with van der Waals surface area (Å²) in [7, 11) is 0. The maximum absolute atomic E-state index is 13.4. The van der Waals surface area contributed by atoms with E-state index in [4.69, 9.17) is 0 Å². The maximum atomic E-state index is 13.4. The second-order valence-electron chi connectivity index (χ2n) is 4.50. The monoisotopic (exact) mass is 263 g/mol. The molecule has 0 amide bonds. The van der Waals surface area contributed by atoms with E-state index >= 15 is 0 Å². The van der Waals surface area contributed by atoms with Crippen molar-refractivity contribution < 1.29 is 22.7 Å². The molecule has 1 aromatic rings. The highest BCUT2D eigenvalue weighted by Gasteiger charge is 2.36. The fourth-order valence-electron chi connectivity index (χ4n) is 2.17. The summed E-state index contributed by atoms with van der Waals surface area (Å²) >= 11 is 0. The van der Waals surface area contributed by atoms with Gasteiger partial charge in [0, 0.05) is 6.54 Å². The van der Waals surface area contributed by atoms with E-state index in [1.807, 2.05) is 0 Å². The van der Waals surface area contributed by atoms with Crippen molar-refractivity contribution in [2.75, 3.05) is 13.1 Å². The lowest BCUT2D eigenvalue weighted by molar-refractivity contribution is -0.140. The Hall–Kier alpha value is -1.14. The maximum Gasteiger partial charge on any atom is 0.419 e. The molecule has 18 heavy (non-hydrogen) atoms. The van der Waals surface area contributed by atoms with Gasteiger partial charge in [-0.25, -0.2) is 4.39 Å². The fraction of sp³-hybridized carbons (Fsp3) is 0.500. The first-order valence-corrected chi connectivity index (χ1v) is 5.63. The molecule has 2 N–H and O–H groups in total. The van der Waals surface area contributed by atoms with Crippen molar-refractivity contribution in [2.24, 2.45) is 0 Å². The standard InChI is InChI=1S/C12H13F4NO/c13-10-6-8(2-3-9(10)12(14,15)16)11(18)4-1-5-17-7-11/h2-3,6,17-18H,1,4-5,7H2. The first kappa shape index (κ1) is 13.3. The molecule has 0 radical (unpaired) electrons. The molecule has 1 aromatic carbocycles. The number of nitrogens with one attached hydrogen (secondary N) is 1. The topological polar surface area (TPSA) is 32.3 Å². The Morgan fingerprint density at radius 2 is 2.00 bits per heavy atom. The number of hydrogen-bond acceptors (Lipinski definition) is 2. The van der Waals surface area contributed by atoms with Crippen molar-refractivity contribution in [1.82, 2.24) is 5.32 Å². The molecule has 2 nitrogen and oxygen atoms in total. The van der Waals surface area contributed by atoms with Gasteiger partial charge in [-0.15, -0.1) is 0 Å². The van der Waals surface area contributed by atoms with Gasteiger partial charge in [0.1, 0.15) is 11.4 Å². The molecule has 0 aliphatic carbocycles. The average molecular weight is 263 g/mol. The number of halogens is 4. The lowest BCUT2D eigenvalue weighted by Gasteiger charge is -2.33.